The number of nitrogens with zero attached hydrogens (tertiary/aromatic N) is 2. The zero-order chi connectivity index (χ0) is 14.9. The summed E-state index contributed by atoms with van der Waals surface area (Å²) in [6.45, 7) is 13.1. The van der Waals surface area contributed by atoms with Gasteiger partial charge < -0.3 is 21.4 Å². The molecule has 2 aliphatic heterocycles. The van der Waals surface area contributed by atoms with Gasteiger partial charge in [-0.2, -0.15) is 0 Å². The largest absolute Gasteiger partial charge is 1.00 e. The lowest BCUT2D eigenvalue weighted by Crippen LogP contribution is -3.00. The molecule has 2 aliphatic rings. The molecule has 24 heavy (non-hydrogen) atoms. The molecule has 2 rings (SSSR count). The summed E-state index contributed by atoms with van der Waals surface area (Å²) in [6, 6.07) is 0. The molecule has 152 valence electrons. The third-order valence-corrected chi connectivity index (χ3v) is 5.39. The lowest BCUT2D eigenvalue weighted by atomic mass is 10.3. The van der Waals surface area contributed by atoms with E-state index in [-0.39, 0.29) is 34.7 Å². The Balaban J connectivity index is -0.000000143. The minimum atomic E-state index is 0. The summed E-state index contributed by atoms with van der Waals surface area (Å²) in [7, 11) is 4.81. The molecule has 0 saturated carbocycles. The number of halogens is 1. The van der Waals surface area contributed by atoms with Crippen LogP contribution in [0, 0.1) is 0 Å². The van der Waals surface area contributed by atoms with E-state index < -0.39 is 0 Å². The van der Waals surface area contributed by atoms with Gasteiger partial charge in [-0.25, -0.2) is 0 Å². The average Bonchev–Trinajstić information content (AvgIpc) is 3.05. The highest BCUT2D eigenvalue weighted by atomic mass is 35.5. The van der Waals surface area contributed by atoms with Gasteiger partial charge in [-0.1, -0.05) is 49.0 Å². The first-order valence-electron chi connectivity index (χ1n) is 9.21. The van der Waals surface area contributed by atoms with Crippen molar-refractivity contribution in [3.05, 3.63) is 0 Å². The third kappa shape index (κ3) is 12.6. The Kier molecular flexibility index (Phi) is 22.2. The van der Waals surface area contributed by atoms with E-state index in [2.05, 4.69) is 27.9 Å². The van der Waals surface area contributed by atoms with Crippen LogP contribution in [0.2, 0.25) is 0 Å². The number of likely N-dealkylation sites (tertiary alicyclic amines) is 2. The van der Waals surface area contributed by atoms with Crippen molar-refractivity contribution in [1.82, 2.24) is 0 Å². The molecule has 0 N–H and O–H groups in total. The van der Waals surface area contributed by atoms with E-state index in [9.17, 15) is 0 Å². The molecule has 0 aromatic heterocycles. The summed E-state index contributed by atoms with van der Waals surface area (Å²) < 4.78 is 2.71. The van der Waals surface area contributed by atoms with E-state index >= 15 is 0 Å². The van der Waals surface area contributed by atoms with Crippen molar-refractivity contribution in [2.45, 2.75) is 87.5 Å². The molecule has 2 heterocycles. The Morgan fingerprint density at radius 3 is 1.04 bits per heavy atom. The van der Waals surface area contributed by atoms with Gasteiger partial charge in [0, 0.05) is 25.7 Å². The number of rotatable bonds is 6. The topological polar surface area (TPSA) is 0 Å². The molecule has 0 radical (unpaired) electrons. The van der Waals surface area contributed by atoms with Crippen molar-refractivity contribution in [3.63, 3.8) is 0 Å². The second-order valence-electron chi connectivity index (χ2n) is 7.70. The fraction of sp³-hybridized carbons (Fsp3) is 1.00. The fourth-order valence-corrected chi connectivity index (χ4v) is 3.72. The summed E-state index contributed by atoms with van der Waals surface area (Å²) in [5, 5.41) is 0. The number of unbranched alkanes of at least 4 members (excludes halogenated alkanes) is 2. The van der Waals surface area contributed by atoms with Crippen molar-refractivity contribution in [1.29, 1.82) is 0 Å². The second-order valence-corrected chi connectivity index (χ2v) is 7.70. The van der Waals surface area contributed by atoms with Crippen LogP contribution in [0.1, 0.15) is 87.5 Å². The van der Waals surface area contributed by atoms with Gasteiger partial charge in [-0.3, -0.25) is 0 Å². The molecule has 3 heteroatoms. The van der Waals surface area contributed by atoms with Gasteiger partial charge in [0.2, 0.25) is 0 Å². The first-order valence-corrected chi connectivity index (χ1v) is 9.21. The molecule has 0 spiro atoms. The normalized spacial score (nSPS) is 19.5. The monoisotopic (exact) mass is 367 g/mol. The standard InChI is InChI=1S/2C9H20N.3CH4.ClH/c2*1-3-4-7-10(2)8-5-6-9-10;;;;/h2*3-9H2,1-2H3;3*1H4;1H/q2*+1;;;;/p-1. The van der Waals surface area contributed by atoms with E-state index in [1.165, 1.54) is 99.6 Å². The average molecular weight is 368 g/mol. The minimum Gasteiger partial charge on any atom is -1.00 e. The summed E-state index contributed by atoms with van der Waals surface area (Å²) in [4.78, 5) is 0. The predicted molar refractivity (Wildman–Crippen MR) is 110 cm³/mol. The molecule has 0 amide bonds. The van der Waals surface area contributed by atoms with Crippen LogP contribution in [-0.2, 0) is 0 Å². The Labute approximate surface area is 162 Å². The van der Waals surface area contributed by atoms with E-state index in [0.29, 0.717) is 0 Å². The van der Waals surface area contributed by atoms with Crippen molar-refractivity contribution in [2.75, 3.05) is 53.4 Å². The predicted octanol–water partition coefficient (Wildman–Crippen LogP) is 2.97. The second kappa shape index (κ2) is 16.7. The molecule has 2 nitrogen and oxygen atoms in total. The maximum absolute atomic E-state index is 2.41. The first kappa shape index (κ1) is 31.9. The lowest BCUT2D eigenvalue weighted by Gasteiger charge is -2.28. The zero-order valence-corrected chi connectivity index (χ0v) is 15.9. The Morgan fingerprint density at radius 1 is 0.583 bits per heavy atom. The van der Waals surface area contributed by atoms with Crippen LogP contribution in [0.4, 0.5) is 0 Å². The summed E-state index contributed by atoms with van der Waals surface area (Å²) in [5.74, 6) is 0. The van der Waals surface area contributed by atoms with Crippen LogP contribution in [0.25, 0.3) is 0 Å². The number of quaternary nitrogens is 2. The Hall–Kier alpha value is 0.210. The van der Waals surface area contributed by atoms with Crippen LogP contribution < -0.4 is 12.4 Å². The Morgan fingerprint density at radius 2 is 0.833 bits per heavy atom. The van der Waals surface area contributed by atoms with Crippen molar-refractivity contribution < 1.29 is 21.4 Å². The molecule has 0 aliphatic carbocycles. The maximum Gasteiger partial charge on any atom is 0.0786 e. The van der Waals surface area contributed by atoms with Gasteiger partial charge in [0.05, 0.1) is 53.4 Å². The third-order valence-electron chi connectivity index (χ3n) is 5.39. The summed E-state index contributed by atoms with van der Waals surface area (Å²) in [5.41, 5.74) is 0. The SMILES string of the molecule is C.C.C.CCCC[N+]1(C)CCCC1.CCCC[N+]1(C)CCCC1.[Cl-]. The smallest absolute Gasteiger partial charge is 0.0786 e. The van der Waals surface area contributed by atoms with Crippen molar-refractivity contribution >= 4 is 0 Å². The summed E-state index contributed by atoms with van der Waals surface area (Å²) >= 11 is 0. The molecule has 2 saturated heterocycles. The molecule has 0 aromatic carbocycles. The first-order chi connectivity index (χ1) is 9.54. The molecule has 0 aromatic rings. The number of hydrogen-bond donors (Lipinski definition) is 0. The molecular formula is C21H52ClN2+. The maximum atomic E-state index is 2.41. The highest BCUT2D eigenvalue weighted by Crippen LogP contribution is 2.17. The van der Waals surface area contributed by atoms with Crippen LogP contribution >= 0.6 is 0 Å². The molecule has 0 atom stereocenters. The van der Waals surface area contributed by atoms with Crippen molar-refractivity contribution in [3.8, 4) is 0 Å². The van der Waals surface area contributed by atoms with Crippen LogP contribution in [0.5, 0.6) is 0 Å². The molecular weight excluding hydrogens is 316 g/mol. The van der Waals surface area contributed by atoms with Crippen LogP contribution in [0.3, 0.4) is 0 Å². The zero-order valence-electron chi connectivity index (χ0n) is 15.2. The Bertz CT molecular complexity index is 218. The lowest BCUT2D eigenvalue weighted by molar-refractivity contribution is -0.897. The molecule has 0 bridgehead atoms. The van der Waals surface area contributed by atoms with E-state index in [1.54, 1.807) is 0 Å². The van der Waals surface area contributed by atoms with Gasteiger partial charge in [0.1, 0.15) is 0 Å². The van der Waals surface area contributed by atoms with Gasteiger partial charge in [0.15, 0.2) is 0 Å². The van der Waals surface area contributed by atoms with Gasteiger partial charge in [0.25, 0.3) is 0 Å². The minimum absolute atomic E-state index is 0. The highest BCUT2D eigenvalue weighted by molar-refractivity contribution is 4.52. The molecule has 2 fully saturated rings. The van der Waals surface area contributed by atoms with Gasteiger partial charge in [-0.05, 0) is 12.8 Å². The van der Waals surface area contributed by atoms with Crippen LogP contribution in [-0.4, -0.2) is 62.3 Å². The van der Waals surface area contributed by atoms with E-state index in [0.717, 1.165) is 0 Å². The number of hydrogen-bond acceptors (Lipinski definition) is 0. The fourth-order valence-electron chi connectivity index (χ4n) is 3.72. The van der Waals surface area contributed by atoms with E-state index in [4.69, 9.17) is 0 Å². The van der Waals surface area contributed by atoms with Crippen molar-refractivity contribution in [2.24, 2.45) is 0 Å². The van der Waals surface area contributed by atoms with Gasteiger partial charge >= 0.3 is 0 Å². The van der Waals surface area contributed by atoms with Crippen LogP contribution in [0.15, 0.2) is 0 Å². The van der Waals surface area contributed by atoms with E-state index in [1.807, 2.05) is 0 Å². The van der Waals surface area contributed by atoms with Gasteiger partial charge in [-0.15, -0.1) is 0 Å². The molecule has 0 unspecified atom stereocenters. The summed E-state index contributed by atoms with van der Waals surface area (Å²) in [6.07, 6.45) is 11.4. The highest BCUT2D eigenvalue weighted by Gasteiger charge is 2.25. The quantitative estimate of drug-likeness (QED) is 0.633.